The Morgan fingerprint density at radius 2 is 2.33 bits per heavy atom. The average molecular weight is 248 g/mol. The molecule has 1 aliphatic heterocycles. The van der Waals surface area contributed by atoms with E-state index in [1.54, 1.807) is 18.9 Å². The molecule has 0 spiro atoms. The van der Waals surface area contributed by atoms with E-state index in [2.05, 4.69) is 5.32 Å². The second-order valence-electron chi connectivity index (χ2n) is 4.91. The van der Waals surface area contributed by atoms with E-state index in [1.165, 1.54) is 5.56 Å². The number of fused-ring (bicyclic) bond motifs is 1. The minimum Gasteiger partial charge on any atom is -0.393 e. The topological polar surface area (TPSA) is 52.6 Å². The Morgan fingerprint density at radius 1 is 1.56 bits per heavy atom. The lowest BCUT2D eigenvalue weighted by atomic mass is 10.1. The molecule has 1 aromatic carbocycles. The normalized spacial score (nSPS) is 14.8. The summed E-state index contributed by atoms with van der Waals surface area (Å²) in [6, 6.07) is 5.82. The molecule has 4 heteroatoms. The first-order chi connectivity index (χ1) is 8.58. The molecule has 0 radical (unpaired) electrons. The van der Waals surface area contributed by atoms with Gasteiger partial charge in [0.2, 0.25) is 0 Å². The first-order valence-electron chi connectivity index (χ1n) is 6.38. The Bertz CT molecular complexity index is 443. The highest BCUT2D eigenvalue weighted by Gasteiger charge is 2.16. The van der Waals surface area contributed by atoms with E-state index >= 15 is 0 Å². The number of hydrogen-bond donors (Lipinski definition) is 2. The van der Waals surface area contributed by atoms with Crippen molar-refractivity contribution < 1.29 is 9.90 Å². The summed E-state index contributed by atoms with van der Waals surface area (Å²) in [5.74, 6) is 0.00662. The van der Waals surface area contributed by atoms with Gasteiger partial charge in [0.05, 0.1) is 6.10 Å². The van der Waals surface area contributed by atoms with Crippen molar-refractivity contribution in [2.24, 2.45) is 0 Å². The zero-order valence-corrected chi connectivity index (χ0v) is 10.9. The van der Waals surface area contributed by atoms with E-state index in [9.17, 15) is 9.90 Å². The summed E-state index contributed by atoms with van der Waals surface area (Å²) in [6.07, 6.45) is 1.26. The molecule has 1 aromatic rings. The molecule has 2 N–H and O–H groups in total. The SMILES string of the molecule is CC(O)CCN(C)C(=O)c1ccc2c(c1)NCC2. The summed E-state index contributed by atoms with van der Waals surface area (Å²) in [5.41, 5.74) is 3.05. The molecule has 0 bridgehead atoms. The van der Waals surface area contributed by atoms with Crippen LogP contribution >= 0.6 is 0 Å². The van der Waals surface area contributed by atoms with Gasteiger partial charge in [0, 0.05) is 31.4 Å². The zero-order valence-electron chi connectivity index (χ0n) is 10.9. The van der Waals surface area contributed by atoms with Gasteiger partial charge in [-0.15, -0.1) is 0 Å². The number of hydrogen-bond acceptors (Lipinski definition) is 3. The fourth-order valence-electron chi connectivity index (χ4n) is 2.13. The van der Waals surface area contributed by atoms with Crippen LogP contribution in [-0.2, 0) is 6.42 Å². The molecule has 0 saturated heterocycles. The number of aliphatic hydroxyl groups is 1. The number of rotatable bonds is 4. The maximum atomic E-state index is 12.2. The van der Waals surface area contributed by atoms with Gasteiger partial charge in [-0.3, -0.25) is 4.79 Å². The number of nitrogens with one attached hydrogen (secondary N) is 1. The van der Waals surface area contributed by atoms with E-state index in [1.807, 2.05) is 18.2 Å². The van der Waals surface area contributed by atoms with Gasteiger partial charge in [-0.25, -0.2) is 0 Å². The number of anilines is 1. The van der Waals surface area contributed by atoms with Gasteiger partial charge in [0.1, 0.15) is 0 Å². The first kappa shape index (κ1) is 12.9. The molecule has 0 saturated carbocycles. The third-order valence-corrected chi connectivity index (χ3v) is 3.30. The molecule has 18 heavy (non-hydrogen) atoms. The predicted octanol–water partition coefficient (Wildman–Crippen LogP) is 1.50. The van der Waals surface area contributed by atoms with Gasteiger partial charge in [0.25, 0.3) is 5.91 Å². The second-order valence-corrected chi connectivity index (χ2v) is 4.91. The third-order valence-electron chi connectivity index (χ3n) is 3.30. The maximum Gasteiger partial charge on any atom is 0.253 e. The monoisotopic (exact) mass is 248 g/mol. The van der Waals surface area contributed by atoms with Crippen molar-refractivity contribution in [3.63, 3.8) is 0 Å². The molecular formula is C14H20N2O2. The lowest BCUT2D eigenvalue weighted by Crippen LogP contribution is -2.29. The van der Waals surface area contributed by atoms with E-state index in [-0.39, 0.29) is 12.0 Å². The second kappa shape index (κ2) is 5.40. The minimum absolute atomic E-state index is 0.00662. The lowest BCUT2D eigenvalue weighted by molar-refractivity contribution is 0.0769. The molecule has 2 rings (SSSR count). The van der Waals surface area contributed by atoms with Crippen molar-refractivity contribution in [2.45, 2.75) is 25.9 Å². The van der Waals surface area contributed by atoms with Crippen molar-refractivity contribution in [2.75, 3.05) is 25.5 Å². The Balaban J connectivity index is 2.04. The van der Waals surface area contributed by atoms with Crippen LogP contribution in [0.15, 0.2) is 18.2 Å². The quantitative estimate of drug-likeness (QED) is 0.849. The number of carbonyl (C=O) groups is 1. The molecule has 98 valence electrons. The average Bonchev–Trinajstić information content (AvgIpc) is 2.81. The zero-order chi connectivity index (χ0) is 13.1. The van der Waals surface area contributed by atoms with Gasteiger partial charge >= 0.3 is 0 Å². The molecular weight excluding hydrogens is 228 g/mol. The Morgan fingerprint density at radius 3 is 3.06 bits per heavy atom. The largest absolute Gasteiger partial charge is 0.393 e. The van der Waals surface area contributed by atoms with Crippen LogP contribution in [0.25, 0.3) is 0 Å². The molecule has 1 amide bonds. The van der Waals surface area contributed by atoms with Crippen LogP contribution in [0, 0.1) is 0 Å². The van der Waals surface area contributed by atoms with E-state index in [4.69, 9.17) is 0 Å². The number of benzene rings is 1. The van der Waals surface area contributed by atoms with Crippen LogP contribution < -0.4 is 5.32 Å². The number of aliphatic hydroxyl groups excluding tert-OH is 1. The predicted molar refractivity (Wildman–Crippen MR) is 71.9 cm³/mol. The fraction of sp³-hybridized carbons (Fsp3) is 0.500. The van der Waals surface area contributed by atoms with Crippen LogP contribution in [0.3, 0.4) is 0 Å². The number of amides is 1. The smallest absolute Gasteiger partial charge is 0.253 e. The Kier molecular flexibility index (Phi) is 3.87. The summed E-state index contributed by atoms with van der Waals surface area (Å²) in [7, 11) is 1.77. The molecule has 1 aliphatic rings. The molecule has 1 heterocycles. The van der Waals surface area contributed by atoms with Crippen molar-refractivity contribution in [3.05, 3.63) is 29.3 Å². The molecule has 0 aromatic heterocycles. The van der Waals surface area contributed by atoms with Crippen LogP contribution in [0.4, 0.5) is 5.69 Å². The number of nitrogens with zero attached hydrogens (tertiary/aromatic N) is 1. The van der Waals surface area contributed by atoms with E-state index < -0.39 is 0 Å². The summed E-state index contributed by atoms with van der Waals surface area (Å²) in [6.45, 7) is 3.25. The molecule has 0 fully saturated rings. The summed E-state index contributed by atoms with van der Waals surface area (Å²) in [5, 5.41) is 12.5. The highest BCUT2D eigenvalue weighted by atomic mass is 16.3. The Labute approximate surface area is 108 Å². The van der Waals surface area contributed by atoms with Gasteiger partial charge in [-0.2, -0.15) is 0 Å². The fourth-order valence-corrected chi connectivity index (χ4v) is 2.13. The van der Waals surface area contributed by atoms with Gasteiger partial charge < -0.3 is 15.3 Å². The Hall–Kier alpha value is -1.55. The standard InChI is InChI=1S/C14H20N2O2/c1-10(17)6-8-16(2)14(18)12-4-3-11-5-7-15-13(11)9-12/h3-4,9-10,15,17H,5-8H2,1-2H3. The van der Waals surface area contributed by atoms with Crippen molar-refractivity contribution >= 4 is 11.6 Å². The first-order valence-corrected chi connectivity index (χ1v) is 6.38. The van der Waals surface area contributed by atoms with Gasteiger partial charge in [-0.1, -0.05) is 6.07 Å². The van der Waals surface area contributed by atoms with Gasteiger partial charge in [0.15, 0.2) is 0 Å². The maximum absolute atomic E-state index is 12.2. The van der Waals surface area contributed by atoms with E-state index in [0.717, 1.165) is 18.7 Å². The number of carbonyl (C=O) groups excluding carboxylic acids is 1. The molecule has 0 aliphatic carbocycles. The van der Waals surface area contributed by atoms with Crippen molar-refractivity contribution in [3.8, 4) is 0 Å². The van der Waals surface area contributed by atoms with Crippen LogP contribution in [0.5, 0.6) is 0 Å². The third kappa shape index (κ3) is 2.82. The highest BCUT2D eigenvalue weighted by molar-refractivity contribution is 5.95. The van der Waals surface area contributed by atoms with Crippen LogP contribution in [0.2, 0.25) is 0 Å². The van der Waals surface area contributed by atoms with Crippen LogP contribution in [0.1, 0.15) is 29.3 Å². The van der Waals surface area contributed by atoms with Gasteiger partial charge in [-0.05, 0) is 37.5 Å². The summed E-state index contributed by atoms with van der Waals surface area (Å²) >= 11 is 0. The van der Waals surface area contributed by atoms with E-state index in [0.29, 0.717) is 18.5 Å². The highest BCUT2D eigenvalue weighted by Crippen LogP contribution is 2.23. The molecule has 4 nitrogen and oxygen atoms in total. The molecule has 1 atom stereocenters. The summed E-state index contributed by atoms with van der Waals surface area (Å²) < 4.78 is 0. The minimum atomic E-state index is -0.373. The summed E-state index contributed by atoms with van der Waals surface area (Å²) in [4.78, 5) is 13.8. The van der Waals surface area contributed by atoms with Crippen LogP contribution in [-0.4, -0.2) is 42.2 Å². The lowest BCUT2D eigenvalue weighted by Gasteiger charge is -2.18. The van der Waals surface area contributed by atoms with Crippen molar-refractivity contribution in [1.82, 2.24) is 4.90 Å². The van der Waals surface area contributed by atoms with Crippen molar-refractivity contribution in [1.29, 1.82) is 0 Å². The molecule has 1 unspecified atom stereocenters.